The molecular formula is C17H32N4. The van der Waals surface area contributed by atoms with Gasteiger partial charge >= 0.3 is 0 Å². The van der Waals surface area contributed by atoms with E-state index in [0.717, 1.165) is 19.0 Å². The van der Waals surface area contributed by atoms with Gasteiger partial charge in [0.2, 0.25) is 0 Å². The molecule has 1 aromatic heterocycles. The molecule has 1 N–H and O–H groups in total. The lowest BCUT2D eigenvalue weighted by Crippen LogP contribution is -2.58. The Kier molecular flexibility index (Phi) is 6.71. The molecule has 1 fully saturated rings. The first kappa shape index (κ1) is 16.5. The summed E-state index contributed by atoms with van der Waals surface area (Å²) >= 11 is 0. The average Bonchev–Trinajstić information content (AvgIpc) is 3.00. The Morgan fingerprint density at radius 1 is 1.33 bits per heavy atom. The summed E-state index contributed by atoms with van der Waals surface area (Å²) in [5, 5.41) is 3.76. The minimum Gasteiger partial charge on any atom is -0.337 e. The molecule has 1 saturated heterocycles. The molecule has 4 nitrogen and oxygen atoms in total. The van der Waals surface area contributed by atoms with Gasteiger partial charge in [0, 0.05) is 50.7 Å². The highest BCUT2D eigenvalue weighted by Gasteiger charge is 2.29. The summed E-state index contributed by atoms with van der Waals surface area (Å²) in [7, 11) is 0. The third-order valence-electron chi connectivity index (χ3n) is 4.90. The number of hydrogen-bond acceptors (Lipinski definition) is 3. The predicted molar refractivity (Wildman–Crippen MR) is 88.4 cm³/mol. The standard InChI is InChI=1S/C17H32N4/c1-4-7-16-13-21(17(12-19-16)15(3)5-2)10-6-9-20-11-8-18-14-20/h8,11,14-17,19H,4-7,9-10,12-13H2,1-3H3. The lowest BCUT2D eigenvalue weighted by molar-refractivity contribution is 0.0864. The van der Waals surface area contributed by atoms with E-state index in [9.17, 15) is 0 Å². The normalized spacial score (nSPS) is 25.1. The number of rotatable bonds is 8. The predicted octanol–water partition coefficient (Wildman–Crippen LogP) is 2.76. The topological polar surface area (TPSA) is 33.1 Å². The quantitative estimate of drug-likeness (QED) is 0.800. The number of nitrogens with zero attached hydrogens (tertiary/aromatic N) is 3. The number of nitrogens with one attached hydrogen (secondary N) is 1. The second-order valence-electron chi connectivity index (χ2n) is 6.50. The molecule has 0 spiro atoms. The van der Waals surface area contributed by atoms with Crippen molar-refractivity contribution in [3.05, 3.63) is 18.7 Å². The van der Waals surface area contributed by atoms with E-state index in [0.29, 0.717) is 12.1 Å². The van der Waals surface area contributed by atoms with Gasteiger partial charge in [-0.3, -0.25) is 4.90 Å². The first-order valence-corrected chi connectivity index (χ1v) is 8.67. The third-order valence-corrected chi connectivity index (χ3v) is 4.90. The molecule has 4 heteroatoms. The van der Waals surface area contributed by atoms with Crippen molar-refractivity contribution in [3.63, 3.8) is 0 Å². The molecule has 0 aromatic carbocycles. The van der Waals surface area contributed by atoms with Crippen LogP contribution in [0.3, 0.4) is 0 Å². The summed E-state index contributed by atoms with van der Waals surface area (Å²) in [6.07, 6.45) is 10.9. The second kappa shape index (κ2) is 8.54. The van der Waals surface area contributed by atoms with E-state index in [1.54, 1.807) is 0 Å². The van der Waals surface area contributed by atoms with E-state index in [4.69, 9.17) is 0 Å². The number of aryl methyl sites for hydroxylation is 1. The minimum atomic E-state index is 0.684. The van der Waals surface area contributed by atoms with E-state index in [1.807, 2.05) is 12.5 Å². The molecule has 2 heterocycles. The molecule has 3 unspecified atom stereocenters. The largest absolute Gasteiger partial charge is 0.337 e. The van der Waals surface area contributed by atoms with Gasteiger partial charge in [-0.05, 0) is 18.8 Å². The fourth-order valence-electron chi connectivity index (χ4n) is 3.41. The van der Waals surface area contributed by atoms with Crippen LogP contribution < -0.4 is 5.32 Å². The SMILES string of the molecule is CCCC1CN(CCCn2ccnc2)C(C(C)CC)CN1. The Balaban J connectivity index is 1.86. The Labute approximate surface area is 129 Å². The van der Waals surface area contributed by atoms with Gasteiger partial charge in [-0.15, -0.1) is 0 Å². The molecular weight excluding hydrogens is 260 g/mol. The van der Waals surface area contributed by atoms with Crippen LogP contribution in [-0.2, 0) is 6.54 Å². The second-order valence-corrected chi connectivity index (χ2v) is 6.50. The van der Waals surface area contributed by atoms with Crippen LogP contribution in [0, 0.1) is 5.92 Å². The van der Waals surface area contributed by atoms with Crippen LogP contribution in [0.1, 0.15) is 46.5 Å². The summed E-state index contributed by atoms with van der Waals surface area (Å²) in [5.41, 5.74) is 0. The molecule has 1 aromatic rings. The van der Waals surface area contributed by atoms with Crippen molar-refractivity contribution in [1.29, 1.82) is 0 Å². The number of hydrogen-bond donors (Lipinski definition) is 1. The monoisotopic (exact) mass is 292 g/mol. The van der Waals surface area contributed by atoms with Crippen LogP contribution >= 0.6 is 0 Å². The van der Waals surface area contributed by atoms with Crippen molar-refractivity contribution in [2.24, 2.45) is 5.92 Å². The van der Waals surface area contributed by atoms with Gasteiger partial charge < -0.3 is 9.88 Å². The minimum absolute atomic E-state index is 0.684. The van der Waals surface area contributed by atoms with Crippen LogP contribution in [0.5, 0.6) is 0 Å². The molecule has 3 atom stereocenters. The van der Waals surface area contributed by atoms with Crippen LogP contribution in [0.4, 0.5) is 0 Å². The first-order valence-electron chi connectivity index (χ1n) is 8.67. The van der Waals surface area contributed by atoms with Crippen LogP contribution in [0.15, 0.2) is 18.7 Å². The zero-order chi connectivity index (χ0) is 15.1. The van der Waals surface area contributed by atoms with Crippen LogP contribution in [-0.4, -0.2) is 46.2 Å². The lowest BCUT2D eigenvalue weighted by atomic mass is 9.93. The Morgan fingerprint density at radius 3 is 2.86 bits per heavy atom. The number of aromatic nitrogens is 2. The van der Waals surface area contributed by atoms with Crippen molar-refractivity contribution >= 4 is 0 Å². The summed E-state index contributed by atoms with van der Waals surface area (Å²) in [5.74, 6) is 0.772. The Hall–Kier alpha value is -0.870. The molecule has 1 aliphatic rings. The third kappa shape index (κ3) is 4.82. The van der Waals surface area contributed by atoms with E-state index in [1.165, 1.54) is 38.8 Å². The van der Waals surface area contributed by atoms with Crippen LogP contribution in [0.2, 0.25) is 0 Å². The Bertz CT molecular complexity index is 376. The van der Waals surface area contributed by atoms with Crippen molar-refractivity contribution in [2.45, 2.75) is 65.1 Å². The number of imidazole rings is 1. The van der Waals surface area contributed by atoms with Gasteiger partial charge in [0.25, 0.3) is 0 Å². The highest BCUT2D eigenvalue weighted by Crippen LogP contribution is 2.20. The van der Waals surface area contributed by atoms with Crippen molar-refractivity contribution in [2.75, 3.05) is 19.6 Å². The summed E-state index contributed by atoms with van der Waals surface area (Å²) in [6.45, 7) is 11.6. The summed E-state index contributed by atoms with van der Waals surface area (Å²) in [6, 6.07) is 1.38. The summed E-state index contributed by atoms with van der Waals surface area (Å²) in [4.78, 5) is 6.86. The van der Waals surface area contributed by atoms with Gasteiger partial charge in [0.05, 0.1) is 6.33 Å². The lowest BCUT2D eigenvalue weighted by Gasteiger charge is -2.43. The fraction of sp³-hybridized carbons (Fsp3) is 0.824. The molecule has 0 amide bonds. The molecule has 0 bridgehead atoms. The van der Waals surface area contributed by atoms with Gasteiger partial charge in [0.1, 0.15) is 0 Å². The van der Waals surface area contributed by atoms with Crippen molar-refractivity contribution in [1.82, 2.24) is 19.8 Å². The maximum atomic E-state index is 4.12. The highest BCUT2D eigenvalue weighted by molar-refractivity contribution is 4.88. The molecule has 21 heavy (non-hydrogen) atoms. The zero-order valence-corrected chi connectivity index (χ0v) is 14.0. The first-order chi connectivity index (χ1) is 10.2. The van der Waals surface area contributed by atoms with Gasteiger partial charge in [0.15, 0.2) is 0 Å². The van der Waals surface area contributed by atoms with Gasteiger partial charge in [-0.1, -0.05) is 33.6 Å². The maximum absolute atomic E-state index is 4.12. The average molecular weight is 292 g/mol. The van der Waals surface area contributed by atoms with E-state index >= 15 is 0 Å². The van der Waals surface area contributed by atoms with E-state index < -0.39 is 0 Å². The number of piperazine rings is 1. The molecule has 120 valence electrons. The van der Waals surface area contributed by atoms with E-state index in [-0.39, 0.29) is 0 Å². The molecule has 2 rings (SSSR count). The highest BCUT2D eigenvalue weighted by atomic mass is 15.2. The smallest absolute Gasteiger partial charge is 0.0945 e. The molecule has 0 saturated carbocycles. The zero-order valence-electron chi connectivity index (χ0n) is 14.0. The van der Waals surface area contributed by atoms with Crippen molar-refractivity contribution in [3.8, 4) is 0 Å². The van der Waals surface area contributed by atoms with Gasteiger partial charge in [-0.2, -0.15) is 0 Å². The molecule has 1 aliphatic heterocycles. The molecule has 0 radical (unpaired) electrons. The maximum Gasteiger partial charge on any atom is 0.0945 e. The fourth-order valence-corrected chi connectivity index (χ4v) is 3.41. The Morgan fingerprint density at radius 2 is 2.19 bits per heavy atom. The molecule has 0 aliphatic carbocycles. The van der Waals surface area contributed by atoms with Crippen molar-refractivity contribution < 1.29 is 0 Å². The van der Waals surface area contributed by atoms with E-state index in [2.05, 4.69) is 46.7 Å². The van der Waals surface area contributed by atoms with Crippen LogP contribution in [0.25, 0.3) is 0 Å². The van der Waals surface area contributed by atoms with Gasteiger partial charge in [-0.25, -0.2) is 4.98 Å². The summed E-state index contributed by atoms with van der Waals surface area (Å²) < 4.78 is 2.18.